The first-order valence-corrected chi connectivity index (χ1v) is 11.6. The highest BCUT2D eigenvalue weighted by Gasteiger charge is 2.42. The van der Waals surface area contributed by atoms with Crippen LogP contribution in [0.3, 0.4) is 0 Å². The van der Waals surface area contributed by atoms with Crippen molar-refractivity contribution in [3.05, 3.63) is 52.1 Å². The van der Waals surface area contributed by atoms with Crippen molar-refractivity contribution < 1.29 is 17.6 Å². The summed E-state index contributed by atoms with van der Waals surface area (Å²) in [4.78, 5) is 14.6. The SMILES string of the molecule is O=C1C(=Cc2ccc(-c3cccc(Cl)c3)o2)SC(=S)N1C1CCS(=O)(=O)C1. The number of sulfone groups is 1. The van der Waals surface area contributed by atoms with Crippen LogP contribution < -0.4 is 0 Å². The van der Waals surface area contributed by atoms with Crippen molar-refractivity contribution in [3.63, 3.8) is 0 Å². The van der Waals surface area contributed by atoms with Gasteiger partial charge in [0, 0.05) is 16.7 Å². The lowest BCUT2D eigenvalue weighted by atomic mass is 10.2. The maximum Gasteiger partial charge on any atom is 0.266 e. The van der Waals surface area contributed by atoms with Crippen molar-refractivity contribution in [1.82, 2.24) is 4.90 Å². The van der Waals surface area contributed by atoms with E-state index < -0.39 is 9.84 Å². The van der Waals surface area contributed by atoms with Gasteiger partial charge in [-0.05, 0) is 30.7 Å². The molecule has 2 saturated heterocycles. The van der Waals surface area contributed by atoms with Gasteiger partial charge in [-0.25, -0.2) is 8.42 Å². The Kier molecular flexibility index (Phi) is 4.92. The second-order valence-electron chi connectivity index (χ2n) is 6.32. The largest absolute Gasteiger partial charge is 0.457 e. The van der Waals surface area contributed by atoms with Gasteiger partial charge in [0.2, 0.25) is 0 Å². The van der Waals surface area contributed by atoms with Crippen LogP contribution in [0.4, 0.5) is 0 Å². The highest BCUT2D eigenvalue weighted by atomic mass is 35.5. The predicted octanol–water partition coefficient (Wildman–Crippen LogP) is 3.99. The molecular weight excluding hydrogens is 426 g/mol. The second-order valence-corrected chi connectivity index (χ2v) is 10.7. The fourth-order valence-electron chi connectivity index (χ4n) is 3.13. The van der Waals surface area contributed by atoms with Gasteiger partial charge in [0.15, 0.2) is 9.84 Å². The number of carbonyl (C=O) groups is 1. The van der Waals surface area contributed by atoms with E-state index in [9.17, 15) is 13.2 Å². The lowest BCUT2D eigenvalue weighted by Gasteiger charge is -2.20. The van der Waals surface area contributed by atoms with Crippen LogP contribution in [0.5, 0.6) is 0 Å². The molecule has 1 amide bonds. The summed E-state index contributed by atoms with van der Waals surface area (Å²) < 4.78 is 29.6. The molecule has 3 heterocycles. The van der Waals surface area contributed by atoms with Crippen molar-refractivity contribution in [2.24, 2.45) is 0 Å². The van der Waals surface area contributed by atoms with Crippen molar-refractivity contribution in [1.29, 1.82) is 0 Å². The van der Waals surface area contributed by atoms with Crippen molar-refractivity contribution in [2.75, 3.05) is 11.5 Å². The van der Waals surface area contributed by atoms with Crippen LogP contribution >= 0.6 is 35.6 Å². The van der Waals surface area contributed by atoms with Gasteiger partial charge in [-0.15, -0.1) is 0 Å². The number of thiocarbonyl (C=S) groups is 1. The molecule has 1 atom stereocenters. The molecule has 4 rings (SSSR count). The van der Waals surface area contributed by atoms with E-state index in [2.05, 4.69) is 0 Å². The summed E-state index contributed by atoms with van der Waals surface area (Å²) in [6, 6.07) is 10.5. The minimum Gasteiger partial charge on any atom is -0.457 e. The molecule has 1 aromatic heterocycles. The number of carbonyl (C=O) groups excluding carboxylic acids is 1. The Balaban J connectivity index is 1.57. The van der Waals surface area contributed by atoms with Gasteiger partial charge in [-0.2, -0.15) is 0 Å². The molecule has 140 valence electrons. The van der Waals surface area contributed by atoms with Crippen LogP contribution in [0.1, 0.15) is 12.2 Å². The fourth-order valence-corrected chi connectivity index (χ4v) is 6.40. The monoisotopic (exact) mass is 439 g/mol. The maximum absolute atomic E-state index is 12.7. The lowest BCUT2D eigenvalue weighted by molar-refractivity contribution is -0.123. The number of rotatable bonds is 3. The number of thioether (sulfide) groups is 1. The topological polar surface area (TPSA) is 67.6 Å². The summed E-state index contributed by atoms with van der Waals surface area (Å²) in [5, 5.41) is 0.609. The van der Waals surface area contributed by atoms with E-state index in [0.717, 1.165) is 17.3 Å². The van der Waals surface area contributed by atoms with E-state index >= 15 is 0 Å². The molecule has 0 bridgehead atoms. The van der Waals surface area contributed by atoms with Crippen LogP contribution in [-0.4, -0.2) is 41.1 Å². The summed E-state index contributed by atoms with van der Waals surface area (Å²) in [5.41, 5.74) is 0.839. The number of halogens is 1. The molecule has 0 spiro atoms. The van der Waals surface area contributed by atoms with E-state index in [-0.39, 0.29) is 23.5 Å². The summed E-state index contributed by atoms with van der Waals surface area (Å²) >= 11 is 12.5. The molecule has 2 fully saturated rings. The molecule has 9 heteroatoms. The average Bonchev–Trinajstić information content (AvgIpc) is 3.27. The first kappa shape index (κ1) is 18.7. The third-order valence-corrected chi connectivity index (χ3v) is 7.72. The van der Waals surface area contributed by atoms with E-state index in [4.69, 9.17) is 28.2 Å². The fraction of sp³-hybridized carbons (Fsp3) is 0.222. The molecule has 1 unspecified atom stereocenters. The van der Waals surface area contributed by atoms with E-state index in [1.54, 1.807) is 24.3 Å². The standard InChI is InChI=1S/C18H14ClNO4S3/c19-12-3-1-2-11(8-12)15-5-4-14(24-15)9-16-17(21)20(18(25)26-16)13-6-7-27(22,23)10-13/h1-5,8-9,13H,6-7,10H2. The first-order chi connectivity index (χ1) is 12.8. The highest BCUT2D eigenvalue weighted by Crippen LogP contribution is 2.37. The number of benzene rings is 1. The van der Waals surface area contributed by atoms with Gasteiger partial charge < -0.3 is 4.42 Å². The van der Waals surface area contributed by atoms with Gasteiger partial charge in [0.05, 0.1) is 22.5 Å². The zero-order valence-electron chi connectivity index (χ0n) is 13.9. The summed E-state index contributed by atoms with van der Waals surface area (Å²) in [6.07, 6.45) is 2.05. The number of furan rings is 1. The van der Waals surface area contributed by atoms with Crippen LogP contribution in [0.25, 0.3) is 17.4 Å². The Morgan fingerprint density at radius 3 is 2.81 bits per heavy atom. The Bertz CT molecular complexity index is 1070. The average molecular weight is 440 g/mol. The van der Waals surface area contributed by atoms with Crippen molar-refractivity contribution >= 4 is 61.7 Å². The molecule has 2 aliphatic heterocycles. The van der Waals surface area contributed by atoms with Gasteiger partial charge in [-0.3, -0.25) is 9.69 Å². The van der Waals surface area contributed by atoms with Crippen LogP contribution in [0.15, 0.2) is 45.7 Å². The number of amides is 1. The summed E-state index contributed by atoms with van der Waals surface area (Å²) in [7, 11) is -3.10. The molecule has 2 aliphatic rings. The smallest absolute Gasteiger partial charge is 0.266 e. The first-order valence-electron chi connectivity index (χ1n) is 8.16. The predicted molar refractivity (Wildman–Crippen MR) is 111 cm³/mol. The molecular formula is C18H14ClNO4S3. The van der Waals surface area contributed by atoms with E-state index in [1.807, 2.05) is 18.2 Å². The van der Waals surface area contributed by atoms with Crippen LogP contribution in [0, 0.1) is 0 Å². The Morgan fingerprint density at radius 2 is 2.11 bits per heavy atom. The normalized spacial score (nSPS) is 23.5. The third kappa shape index (κ3) is 3.85. The van der Waals surface area contributed by atoms with Crippen molar-refractivity contribution in [2.45, 2.75) is 12.5 Å². The zero-order chi connectivity index (χ0) is 19.2. The molecule has 2 aromatic rings. The Hall–Kier alpha value is -1.61. The number of nitrogens with zero attached hydrogens (tertiary/aromatic N) is 1. The van der Waals surface area contributed by atoms with Gasteiger partial charge in [0.25, 0.3) is 5.91 Å². The molecule has 0 N–H and O–H groups in total. The molecule has 5 nitrogen and oxygen atoms in total. The minimum absolute atomic E-state index is 0.0353. The zero-order valence-corrected chi connectivity index (χ0v) is 17.1. The number of hydrogen-bond donors (Lipinski definition) is 0. The lowest BCUT2D eigenvalue weighted by Crippen LogP contribution is -2.39. The maximum atomic E-state index is 12.7. The Morgan fingerprint density at radius 1 is 1.30 bits per heavy atom. The molecule has 27 heavy (non-hydrogen) atoms. The van der Waals surface area contributed by atoms with Crippen molar-refractivity contribution in [3.8, 4) is 11.3 Å². The number of hydrogen-bond acceptors (Lipinski definition) is 6. The summed E-state index contributed by atoms with van der Waals surface area (Å²) in [5.74, 6) is 0.944. The van der Waals surface area contributed by atoms with E-state index in [0.29, 0.717) is 32.2 Å². The summed E-state index contributed by atoms with van der Waals surface area (Å²) in [6.45, 7) is 0. The van der Waals surface area contributed by atoms with Gasteiger partial charge in [0.1, 0.15) is 15.8 Å². The van der Waals surface area contributed by atoms with Gasteiger partial charge >= 0.3 is 0 Å². The molecule has 1 aromatic carbocycles. The van der Waals surface area contributed by atoms with Crippen LogP contribution in [0.2, 0.25) is 5.02 Å². The molecule has 0 saturated carbocycles. The minimum atomic E-state index is -3.10. The van der Waals surface area contributed by atoms with E-state index in [1.165, 1.54) is 4.90 Å². The van der Waals surface area contributed by atoms with Crippen LogP contribution in [-0.2, 0) is 14.6 Å². The molecule has 0 aliphatic carbocycles. The highest BCUT2D eigenvalue weighted by molar-refractivity contribution is 8.26. The quantitative estimate of drug-likeness (QED) is 0.532. The molecule has 0 radical (unpaired) electrons. The Labute approximate surface area is 171 Å². The van der Waals surface area contributed by atoms with Gasteiger partial charge in [-0.1, -0.05) is 47.7 Å². The second kappa shape index (κ2) is 7.09. The third-order valence-electron chi connectivity index (χ3n) is 4.41.